The van der Waals surface area contributed by atoms with Crippen LogP contribution in [0.15, 0.2) is 0 Å². The molecular formula is C14H25NO2. The van der Waals surface area contributed by atoms with Crippen LogP contribution in [-0.4, -0.2) is 29.7 Å². The highest BCUT2D eigenvalue weighted by Gasteiger charge is 2.26. The molecule has 0 aromatic heterocycles. The zero-order valence-corrected chi connectivity index (χ0v) is 11.4. The van der Waals surface area contributed by atoms with E-state index in [2.05, 4.69) is 13.8 Å². The number of rotatable bonds is 5. The first-order chi connectivity index (χ1) is 7.94. The van der Waals surface area contributed by atoms with E-state index in [4.69, 9.17) is 0 Å². The van der Waals surface area contributed by atoms with Gasteiger partial charge in [-0.25, -0.2) is 0 Å². The Kier molecular flexibility index (Phi) is 5.16. The van der Waals surface area contributed by atoms with Gasteiger partial charge in [-0.2, -0.15) is 0 Å². The van der Waals surface area contributed by atoms with E-state index in [1.165, 1.54) is 0 Å². The van der Waals surface area contributed by atoms with E-state index in [9.17, 15) is 9.59 Å². The lowest BCUT2D eigenvalue weighted by Crippen LogP contribution is -2.31. The second-order valence-corrected chi connectivity index (χ2v) is 5.79. The normalized spacial score (nSPS) is 20.2. The quantitative estimate of drug-likeness (QED) is 0.740. The molecule has 3 heteroatoms. The van der Waals surface area contributed by atoms with Crippen LogP contribution in [0.1, 0.15) is 59.3 Å². The average molecular weight is 239 g/mol. The predicted octanol–water partition coefficient (Wildman–Crippen LogP) is 2.78. The van der Waals surface area contributed by atoms with Crippen molar-refractivity contribution in [3.05, 3.63) is 0 Å². The summed E-state index contributed by atoms with van der Waals surface area (Å²) in [7, 11) is 0. The molecule has 0 unspecified atom stereocenters. The molecule has 0 aliphatic carbocycles. The molecule has 1 heterocycles. The van der Waals surface area contributed by atoms with Crippen molar-refractivity contribution in [3.63, 3.8) is 0 Å². The van der Waals surface area contributed by atoms with Crippen molar-refractivity contribution in [1.29, 1.82) is 0 Å². The zero-order valence-electron chi connectivity index (χ0n) is 11.4. The number of carbonyl (C=O) groups excluding carboxylic acids is 2. The third kappa shape index (κ3) is 4.88. The van der Waals surface area contributed by atoms with Gasteiger partial charge in [0.15, 0.2) is 0 Å². The van der Waals surface area contributed by atoms with Crippen LogP contribution in [-0.2, 0) is 9.59 Å². The SMILES string of the molecule is CCC(=O)CCCN1CCC(C)(C)CCC1=O. The van der Waals surface area contributed by atoms with Crippen LogP contribution in [0.5, 0.6) is 0 Å². The number of hydrogen-bond acceptors (Lipinski definition) is 2. The maximum atomic E-state index is 11.9. The fourth-order valence-electron chi connectivity index (χ4n) is 2.17. The number of likely N-dealkylation sites (tertiary alicyclic amines) is 1. The average Bonchev–Trinajstić information content (AvgIpc) is 2.41. The summed E-state index contributed by atoms with van der Waals surface area (Å²) in [6, 6.07) is 0. The first kappa shape index (κ1) is 14.2. The van der Waals surface area contributed by atoms with E-state index in [-0.39, 0.29) is 11.3 Å². The lowest BCUT2D eigenvalue weighted by Gasteiger charge is -2.23. The van der Waals surface area contributed by atoms with Crippen LogP contribution in [0.4, 0.5) is 0 Å². The molecule has 0 radical (unpaired) electrons. The van der Waals surface area contributed by atoms with Crippen molar-refractivity contribution in [3.8, 4) is 0 Å². The van der Waals surface area contributed by atoms with Gasteiger partial charge in [-0.3, -0.25) is 9.59 Å². The Morgan fingerprint density at radius 2 is 2.06 bits per heavy atom. The van der Waals surface area contributed by atoms with Gasteiger partial charge in [-0.05, 0) is 24.7 Å². The van der Waals surface area contributed by atoms with Crippen molar-refractivity contribution < 1.29 is 9.59 Å². The minimum atomic E-state index is 0.263. The molecular weight excluding hydrogens is 214 g/mol. The zero-order chi connectivity index (χ0) is 12.9. The molecule has 17 heavy (non-hydrogen) atoms. The Balaban J connectivity index is 2.37. The smallest absolute Gasteiger partial charge is 0.222 e. The lowest BCUT2D eigenvalue weighted by atomic mass is 9.85. The molecule has 1 saturated heterocycles. The second-order valence-electron chi connectivity index (χ2n) is 5.79. The third-order valence-electron chi connectivity index (χ3n) is 3.70. The van der Waals surface area contributed by atoms with Gasteiger partial charge in [-0.1, -0.05) is 20.8 Å². The number of hydrogen-bond donors (Lipinski definition) is 0. The lowest BCUT2D eigenvalue weighted by molar-refractivity contribution is -0.131. The molecule has 98 valence electrons. The first-order valence-corrected chi connectivity index (χ1v) is 6.74. The summed E-state index contributed by atoms with van der Waals surface area (Å²) in [5, 5.41) is 0. The number of ketones is 1. The van der Waals surface area contributed by atoms with Crippen molar-refractivity contribution in [2.75, 3.05) is 13.1 Å². The summed E-state index contributed by atoms with van der Waals surface area (Å²) in [6.45, 7) is 7.95. The second kappa shape index (κ2) is 6.18. The molecule has 1 aliphatic heterocycles. The molecule has 1 rings (SSSR count). The first-order valence-electron chi connectivity index (χ1n) is 6.74. The van der Waals surface area contributed by atoms with Gasteiger partial charge in [0.2, 0.25) is 5.91 Å². The number of nitrogens with zero attached hydrogens (tertiary/aromatic N) is 1. The molecule has 3 nitrogen and oxygen atoms in total. The third-order valence-corrected chi connectivity index (χ3v) is 3.70. The van der Waals surface area contributed by atoms with E-state index >= 15 is 0 Å². The summed E-state index contributed by atoms with van der Waals surface area (Å²) < 4.78 is 0. The minimum absolute atomic E-state index is 0.263. The summed E-state index contributed by atoms with van der Waals surface area (Å²) in [5.41, 5.74) is 0.281. The summed E-state index contributed by atoms with van der Waals surface area (Å²) >= 11 is 0. The number of amides is 1. The highest BCUT2D eigenvalue weighted by molar-refractivity contribution is 5.78. The van der Waals surface area contributed by atoms with Gasteiger partial charge >= 0.3 is 0 Å². The summed E-state index contributed by atoms with van der Waals surface area (Å²) in [5.74, 6) is 0.562. The van der Waals surface area contributed by atoms with Crippen LogP contribution in [0.3, 0.4) is 0 Å². The Labute approximate surface area is 105 Å². The molecule has 0 bridgehead atoms. The molecule has 0 saturated carbocycles. The van der Waals surface area contributed by atoms with Crippen LogP contribution in [0.2, 0.25) is 0 Å². The Morgan fingerprint density at radius 1 is 1.35 bits per heavy atom. The van der Waals surface area contributed by atoms with E-state index in [1.807, 2.05) is 11.8 Å². The van der Waals surface area contributed by atoms with Crippen LogP contribution in [0, 0.1) is 5.41 Å². The van der Waals surface area contributed by atoms with Gasteiger partial charge in [0.25, 0.3) is 0 Å². The predicted molar refractivity (Wildman–Crippen MR) is 68.7 cm³/mol. The highest BCUT2D eigenvalue weighted by Crippen LogP contribution is 2.30. The Morgan fingerprint density at radius 3 is 2.71 bits per heavy atom. The van der Waals surface area contributed by atoms with Gasteiger partial charge in [0, 0.05) is 32.4 Å². The minimum Gasteiger partial charge on any atom is -0.343 e. The maximum absolute atomic E-state index is 11.9. The molecule has 0 aromatic rings. The fourth-order valence-corrected chi connectivity index (χ4v) is 2.17. The van der Waals surface area contributed by atoms with Crippen molar-refractivity contribution in [2.24, 2.45) is 5.41 Å². The molecule has 1 aliphatic rings. The fraction of sp³-hybridized carbons (Fsp3) is 0.857. The van der Waals surface area contributed by atoms with Gasteiger partial charge in [-0.15, -0.1) is 0 Å². The monoisotopic (exact) mass is 239 g/mol. The number of carbonyl (C=O) groups is 2. The van der Waals surface area contributed by atoms with E-state index in [1.54, 1.807) is 0 Å². The molecule has 1 amide bonds. The van der Waals surface area contributed by atoms with Crippen molar-refractivity contribution in [1.82, 2.24) is 4.90 Å². The molecule has 0 N–H and O–H groups in total. The van der Waals surface area contributed by atoms with E-state index in [0.717, 1.165) is 32.4 Å². The standard InChI is InChI=1S/C14H25NO2/c1-4-12(16)6-5-10-15-11-9-14(2,3)8-7-13(15)17/h4-11H2,1-3H3. The summed E-state index contributed by atoms with van der Waals surface area (Å²) in [4.78, 5) is 25.0. The Bertz CT molecular complexity index is 284. The van der Waals surface area contributed by atoms with Crippen LogP contribution < -0.4 is 0 Å². The molecule has 1 fully saturated rings. The largest absolute Gasteiger partial charge is 0.343 e. The summed E-state index contributed by atoms with van der Waals surface area (Å²) in [6.07, 6.45) is 4.76. The van der Waals surface area contributed by atoms with Crippen molar-refractivity contribution >= 4 is 11.7 Å². The van der Waals surface area contributed by atoms with E-state index < -0.39 is 0 Å². The van der Waals surface area contributed by atoms with E-state index in [0.29, 0.717) is 25.0 Å². The number of Topliss-reactive ketones (excluding diaryl/α,β-unsaturated/α-hetero) is 1. The van der Waals surface area contributed by atoms with Crippen LogP contribution in [0.25, 0.3) is 0 Å². The Hall–Kier alpha value is -0.860. The molecule has 0 aromatic carbocycles. The van der Waals surface area contributed by atoms with Gasteiger partial charge < -0.3 is 4.90 Å². The molecule has 0 spiro atoms. The molecule has 0 atom stereocenters. The van der Waals surface area contributed by atoms with Gasteiger partial charge in [0.05, 0.1) is 0 Å². The topological polar surface area (TPSA) is 37.4 Å². The van der Waals surface area contributed by atoms with Crippen LogP contribution >= 0.6 is 0 Å². The maximum Gasteiger partial charge on any atom is 0.222 e. The van der Waals surface area contributed by atoms with Gasteiger partial charge in [0.1, 0.15) is 5.78 Å². The highest BCUT2D eigenvalue weighted by atomic mass is 16.2. The van der Waals surface area contributed by atoms with Crippen molar-refractivity contribution in [2.45, 2.75) is 59.3 Å².